The number of carbonyl (C=O) groups is 2. The molecule has 8 heteroatoms. The van der Waals surface area contributed by atoms with Gasteiger partial charge >= 0.3 is 0 Å². The quantitative estimate of drug-likeness (QED) is 0.218. The highest BCUT2D eigenvalue weighted by Gasteiger charge is 2.21. The van der Waals surface area contributed by atoms with Crippen molar-refractivity contribution in [3.05, 3.63) is 89.5 Å². The number of hydrogen-bond donors (Lipinski definition) is 2. The van der Waals surface area contributed by atoms with Crippen molar-refractivity contribution >= 4 is 41.0 Å². The van der Waals surface area contributed by atoms with Gasteiger partial charge in [0.1, 0.15) is 23.0 Å². The second-order valence-corrected chi connectivity index (χ2v) is 7.39. The van der Waals surface area contributed by atoms with Gasteiger partial charge in [0, 0.05) is 4.90 Å². The summed E-state index contributed by atoms with van der Waals surface area (Å²) in [5.74, 6) is -2.44. The van der Waals surface area contributed by atoms with Crippen LogP contribution in [0.4, 0.5) is 20.2 Å². The molecule has 3 aromatic rings. The molecule has 0 aromatic heterocycles. The summed E-state index contributed by atoms with van der Waals surface area (Å²) in [4.78, 5) is 26.7. The summed E-state index contributed by atoms with van der Waals surface area (Å²) in [7, 11) is 1.51. The molecular formula is C24H20F2N2O3S. The number of ether oxygens (including phenoxy) is 1. The fourth-order valence-electron chi connectivity index (χ4n) is 2.85. The molecule has 0 saturated heterocycles. The Morgan fingerprint density at radius 2 is 1.41 bits per heavy atom. The summed E-state index contributed by atoms with van der Waals surface area (Å²) in [6.45, 7) is 0. The molecule has 2 N–H and O–H groups in total. The van der Waals surface area contributed by atoms with Gasteiger partial charge in [0.05, 0.1) is 18.5 Å². The van der Waals surface area contributed by atoms with E-state index in [0.717, 1.165) is 4.90 Å². The number of benzene rings is 3. The van der Waals surface area contributed by atoms with Crippen molar-refractivity contribution < 1.29 is 23.1 Å². The van der Waals surface area contributed by atoms with Gasteiger partial charge in [0.2, 0.25) is 0 Å². The van der Waals surface area contributed by atoms with Crippen LogP contribution >= 0.6 is 11.8 Å². The lowest BCUT2D eigenvalue weighted by molar-refractivity contribution is -0.118. The van der Waals surface area contributed by atoms with Crippen LogP contribution in [0, 0.1) is 11.6 Å². The molecule has 0 atom stereocenters. The van der Waals surface area contributed by atoms with E-state index in [1.165, 1.54) is 61.3 Å². The minimum atomic E-state index is -0.850. The first kappa shape index (κ1) is 23.0. The Balaban J connectivity index is 1.99. The zero-order chi connectivity index (χ0) is 23.1. The molecule has 5 nitrogen and oxygen atoms in total. The molecule has 0 aliphatic carbocycles. The van der Waals surface area contributed by atoms with Gasteiger partial charge in [-0.2, -0.15) is 0 Å². The number of rotatable bonds is 7. The van der Waals surface area contributed by atoms with Crippen molar-refractivity contribution in [2.24, 2.45) is 0 Å². The first-order chi connectivity index (χ1) is 15.4. The van der Waals surface area contributed by atoms with E-state index in [1.54, 1.807) is 30.3 Å². The van der Waals surface area contributed by atoms with Gasteiger partial charge in [0.25, 0.3) is 11.8 Å². The van der Waals surface area contributed by atoms with E-state index in [9.17, 15) is 18.4 Å². The Labute approximate surface area is 188 Å². The number of methoxy groups -OCH3 is 1. The van der Waals surface area contributed by atoms with E-state index in [-0.39, 0.29) is 16.9 Å². The summed E-state index contributed by atoms with van der Waals surface area (Å²) < 4.78 is 33.4. The molecule has 0 aliphatic heterocycles. The fraction of sp³-hybridized carbons (Fsp3) is 0.0833. The minimum Gasteiger partial charge on any atom is -0.496 e. The minimum absolute atomic E-state index is 0.0857. The van der Waals surface area contributed by atoms with E-state index in [2.05, 4.69) is 10.6 Å². The van der Waals surface area contributed by atoms with Crippen molar-refractivity contribution in [2.45, 2.75) is 4.90 Å². The van der Waals surface area contributed by atoms with Gasteiger partial charge in [-0.15, -0.1) is 11.8 Å². The number of para-hydroxylation sites is 2. The normalized spacial score (nSPS) is 10.2. The molecule has 0 heterocycles. The van der Waals surface area contributed by atoms with Gasteiger partial charge in [-0.25, -0.2) is 8.78 Å². The van der Waals surface area contributed by atoms with Crippen LogP contribution in [0.5, 0.6) is 5.75 Å². The maximum Gasteiger partial charge on any atom is 0.261 e. The van der Waals surface area contributed by atoms with Crippen LogP contribution < -0.4 is 15.4 Å². The lowest BCUT2D eigenvalue weighted by Gasteiger charge is -2.12. The molecule has 0 bridgehead atoms. The Morgan fingerprint density at radius 3 is 1.88 bits per heavy atom. The second kappa shape index (κ2) is 10.6. The number of thioether (sulfide) groups is 1. The number of halogens is 2. The van der Waals surface area contributed by atoms with Crippen molar-refractivity contribution in [3.63, 3.8) is 0 Å². The number of anilines is 2. The maximum absolute atomic E-state index is 14.0. The van der Waals surface area contributed by atoms with Crippen LogP contribution in [0.3, 0.4) is 0 Å². The molecular weight excluding hydrogens is 434 g/mol. The highest BCUT2D eigenvalue weighted by molar-refractivity contribution is 7.98. The largest absolute Gasteiger partial charge is 0.496 e. The van der Waals surface area contributed by atoms with Gasteiger partial charge in [-0.1, -0.05) is 30.3 Å². The van der Waals surface area contributed by atoms with Crippen LogP contribution in [0.15, 0.2) is 77.2 Å². The molecule has 2 amide bonds. The van der Waals surface area contributed by atoms with Crippen LogP contribution in [0.1, 0.15) is 5.56 Å². The topological polar surface area (TPSA) is 67.4 Å². The Hall–Kier alpha value is -3.65. The summed E-state index contributed by atoms with van der Waals surface area (Å²) in [5.41, 5.74) is -0.00714. The SMILES string of the molecule is COc1cc(C=C(C(=O)Nc2ccccc2F)C(=O)Nc2ccccc2F)ccc1SC. The summed E-state index contributed by atoms with van der Waals surface area (Å²) in [5, 5.41) is 4.78. The molecule has 3 aromatic carbocycles. The number of amides is 2. The van der Waals surface area contributed by atoms with Crippen LogP contribution in [-0.4, -0.2) is 25.2 Å². The lowest BCUT2D eigenvalue weighted by atomic mass is 10.1. The number of carbonyl (C=O) groups excluding carboxylic acids is 2. The Kier molecular flexibility index (Phi) is 7.62. The molecule has 32 heavy (non-hydrogen) atoms. The molecule has 164 valence electrons. The molecule has 0 aliphatic rings. The van der Waals surface area contributed by atoms with E-state index in [0.29, 0.717) is 11.3 Å². The average Bonchev–Trinajstić information content (AvgIpc) is 2.80. The Bertz CT molecular complexity index is 1120. The van der Waals surface area contributed by atoms with Gasteiger partial charge in [0.15, 0.2) is 0 Å². The third-order valence-corrected chi connectivity index (χ3v) is 5.23. The van der Waals surface area contributed by atoms with E-state index >= 15 is 0 Å². The van der Waals surface area contributed by atoms with E-state index in [4.69, 9.17) is 4.74 Å². The zero-order valence-electron chi connectivity index (χ0n) is 17.3. The van der Waals surface area contributed by atoms with Gasteiger partial charge < -0.3 is 15.4 Å². The highest BCUT2D eigenvalue weighted by atomic mass is 32.2. The zero-order valence-corrected chi connectivity index (χ0v) is 18.1. The van der Waals surface area contributed by atoms with Gasteiger partial charge in [-0.3, -0.25) is 9.59 Å². The summed E-state index contributed by atoms with van der Waals surface area (Å²) in [6, 6.07) is 16.3. The highest BCUT2D eigenvalue weighted by Crippen LogP contribution is 2.29. The monoisotopic (exact) mass is 454 g/mol. The Morgan fingerprint density at radius 1 is 0.875 bits per heavy atom. The van der Waals surface area contributed by atoms with E-state index in [1.807, 2.05) is 6.26 Å². The van der Waals surface area contributed by atoms with Crippen molar-refractivity contribution in [3.8, 4) is 5.75 Å². The summed E-state index contributed by atoms with van der Waals surface area (Å²) in [6.07, 6.45) is 3.22. The average molecular weight is 454 g/mol. The van der Waals surface area contributed by atoms with Crippen LogP contribution in [0.2, 0.25) is 0 Å². The van der Waals surface area contributed by atoms with Crippen molar-refractivity contribution in [1.82, 2.24) is 0 Å². The standard InChI is InChI=1S/C24H20F2N2O3S/c1-31-21-14-15(11-12-22(21)32-2)13-16(23(29)27-19-9-5-3-7-17(19)25)24(30)28-20-10-6-4-8-18(20)26/h3-14H,1-2H3,(H,27,29)(H,28,30). The van der Waals surface area contributed by atoms with Crippen LogP contribution in [0.25, 0.3) is 6.08 Å². The molecule has 0 spiro atoms. The third kappa shape index (κ3) is 5.53. The summed E-state index contributed by atoms with van der Waals surface area (Å²) >= 11 is 1.48. The number of nitrogens with one attached hydrogen (secondary N) is 2. The van der Waals surface area contributed by atoms with Gasteiger partial charge in [-0.05, 0) is 54.3 Å². The molecule has 0 saturated carbocycles. The molecule has 0 radical (unpaired) electrons. The predicted molar refractivity (Wildman–Crippen MR) is 123 cm³/mol. The smallest absolute Gasteiger partial charge is 0.261 e. The van der Waals surface area contributed by atoms with Crippen LogP contribution in [-0.2, 0) is 9.59 Å². The maximum atomic E-state index is 14.0. The van der Waals surface area contributed by atoms with Crippen molar-refractivity contribution in [2.75, 3.05) is 24.0 Å². The molecule has 0 unspecified atom stereocenters. The first-order valence-corrected chi connectivity index (χ1v) is 10.7. The molecule has 0 fully saturated rings. The van der Waals surface area contributed by atoms with E-state index < -0.39 is 23.4 Å². The first-order valence-electron chi connectivity index (χ1n) is 9.48. The third-order valence-electron chi connectivity index (χ3n) is 4.45. The fourth-order valence-corrected chi connectivity index (χ4v) is 3.40. The second-order valence-electron chi connectivity index (χ2n) is 6.54. The molecule has 3 rings (SSSR count). The van der Waals surface area contributed by atoms with Crippen molar-refractivity contribution in [1.29, 1.82) is 0 Å². The lowest BCUT2D eigenvalue weighted by Crippen LogP contribution is -2.26. The number of hydrogen-bond acceptors (Lipinski definition) is 4. The predicted octanol–water partition coefficient (Wildman–Crippen LogP) is 5.36.